The number of rotatable bonds is 6. The number of aliphatic hydroxyl groups is 1. The summed E-state index contributed by atoms with van der Waals surface area (Å²) in [4.78, 5) is 4.33. The van der Waals surface area contributed by atoms with Gasteiger partial charge in [-0.1, -0.05) is 55.4 Å². The quantitative estimate of drug-likeness (QED) is 0.591. The Morgan fingerprint density at radius 1 is 1.10 bits per heavy atom. The number of thioether (sulfide) groups is 2. The predicted octanol–water partition coefficient (Wildman–Crippen LogP) is 5.03. The van der Waals surface area contributed by atoms with Gasteiger partial charge in [0.05, 0.1) is 9.61 Å². The lowest BCUT2D eigenvalue weighted by Gasteiger charge is -2.23. The van der Waals surface area contributed by atoms with Gasteiger partial charge in [-0.05, 0) is 29.8 Å². The van der Waals surface area contributed by atoms with Crippen LogP contribution >= 0.6 is 35.1 Å². The first kappa shape index (κ1) is 16.7. The molecule has 0 bridgehead atoms. The summed E-state index contributed by atoms with van der Waals surface area (Å²) in [7, 11) is 0. The molecule has 1 heterocycles. The van der Waals surface area contributed by atoms with Crippen molar-refractivity contribution in [3.63, 3.8) is 0 Å². The lowest BCUT2D eigenvalue weighted by atomic mass is 10.1. The van der Waals surface area contributed by atoms with E-state index in [9.17, 15) is 5.11 Å². The predicted molar refractivity (Wildman–Crippen MR) is 93.0 cm³/mol. The molecular formula is C16H18ClNOS2. The van der Waals surface area contributed by atoms with E-state index in [0.29, 0.717) is 10.3 Å². The molecule has 2 aromatic rings. The second kappa shape index (κ2) is 8.08. The second-order valence-electron chi connectivity index (χ2n) is 4.84. The smallest absolute Gasteiger partial charge is 0.100 e. The summed E-state index contributed by atoms with van der Waals surface area (Å²) in [6.07, 6.45) is 1.20. The van der Waals surface area contributed by atoms with Crippen LogP contribution in [0.3, 0.4) is 0 Å². The molecular weight excluding hydrogens is 322 g/mol. The summed E-state index contributed by atoms with van der Waals surface area (Å²) >= 11 is 9.24. The topological polar surface area (TPSA) is 33.1 Å². The van der Waals surface area contributed by atoms with E-state index in [0.717, 1.165) is 10.6 Å². The Hall–Kier alpha value is -0.680. The number of nitrogens with zero attached hydrogens (tertiary/aromatic N) is 1. The molecule has 0 spiro atoms. The van der Waals surface area contributed by atoms with Crippen molar-refractivity contribution in [3.8, 4) is 0 Å². The van der Waals surface area contributed by atoms with Gasteiger partial charge in [0.1, 0.15) is 6.10 Å². The molecule has 2 rings (SSSR count). The molecule has 0 aliphatic carbocycles. The maximum absolute atomic E-state index is 10.7. The molecule has 1 aromatic carbocycles. The van der Waals surface area contributed by atoms with Crippen LogP contribution in [0, 0.1) is 0 Å². The van der Waals surface area contributed by atoms with Crippen molar-refractivity contribution in [2.75, 3.05) is 0 Å². The van der Waals surface area contributed by atoms with Gasteiger partial charge >= 0.3 is 0 Å². The molecule has 1 N–H and O–H groups in total. The van der Waals surface area contributed by atoms with E-state index in [-0.39, 0.29) is 4.58 Å². The van der Waals surface area contributed by atoms with E-state index in [4.69, 9.17) is 11.6 Å². The molecule has 0 radical (unpaired) electrons. The lowest BCUT2D eigenvalue weighted by molar-refractivity contribution is 0.196. The summed E-state index contributed by atoms with van der Waals surface area (Å²) in [5, 5.41) is 12.7. The van der Waals surface area contributed by atoms with Crippen LogP contribution in [0.2, 0.25) is 5.02 Å². The molecule has 5 heteroatoms. The van der Waals surface area contributed by atoms with Crippen molar-refractivity contribution in [3.05, 3.63) is 59.2 Å². The molecule has 1 aromatic heterocycles. The molecule has 2 nitrogen and oxygen atoms in total. The highest BCUT2D eigenvalue weighted by atomic mass is 35.5. The van der Waals surface area contributed by atoms with E-state index in [2.05, 4.69) is 18.8 Å². The highest BCUT2D eigenvalue weighted by Crippen LogP contribution is 2.40. The van der Waals surface area contributed by atoms with Crippen molar-refractivity contribution in [2.24, 2.45) is 0 Å². The van der Waals surface area contributed by atoms with Crippen LogP contribution in [0.25, 0.3) is 0 Å². The van der Waals surface area contributed by atoms with E-state index in [1.165, 1.54) is 0 Å². The minimum atomic E-state index is -0.568. The third-order valence-electron chi connectivity index (χ3n) is 2.75. The number of hydrogen-bond donors (Lipinski definition) is 1. The van der Waals surface area contributed by atoms with Crippen LogP contribution in [0.5, 0.6) is 0 Å². The lowest BCUT2D eigenvalue weighted by Crippen LogP contribution is -2.14. The zero-order valence-electron chi connectivity index (χ0n) is 11.9. The first-order valence-electron chi connectivity index (χ1n) is 6.73. The van der Waals surface area contributed by atoms with E-state index >= 15 is 0 Å². The molecule has 0 aliphatic rings. The molecule has 0 fully saturated rings. The Balaban J connectivity index is 2.16. The Kier molecular flexibility index (Phi) is 6.42. The number of benzene rings is 1. The molecule has 21 heavy (non-hydrogen) atoms. The largest absolute Gasteiger partial charge is 0.386 e. The van der Waals surface area contributed by atoms with Crippen molar-refractivity contribution >= 4 is 35.1 Å². The molecule has 0 saturated heterocycles. The van der Waals surface area contributed by atoms with Crippen LogP contribution in [0.15, 0.2) is 53.7 Å². The zero-order valence-corrected chi connectivity index (χ0v) is 14.3. The SMILES string of the molecule is CC(C)S[C@@H](Sc1ccccn1)[C@H](O)c1ccc(Cl)cc1. The molecule has 2 atom stereocenters. The minimum Gasteiger partial charge on any atom is -0.386 e. The monoisotopic (exact) mass is 339 g/mol. The molecule has 0 saturated carbocycles. The van der Waals surface area contributed by atoms with Crippen LogP contribution in [0.4, 0.5) is 0 Å². The standard InChI is InChI=1S/C16H18ClNOS2/c1-11(2)20-16(21-14-5-3-4-10-18-14)15(19)12-6-8-13(17)9-7-12/h3-11,15-16,19H,1-2H3/t15-,16+/m1/s1. The summed E-state index contributed by atoms with van der Waals surface area (Å²) in [6, 6.07) is 13.2. The van der Waals surface area contributed by atoms with Gasteiger partial charge in [-0.25, -0.2) is 4.98 Å². The fourth-order valence-electron chi connectivity index (χ4n) is 1.79. The Morgan fingerprint density at radius 3 is 2.38 bits per heavy atom. The summed E-state index contributed by atoms with van der Waals surface area (Å²) in [5.74, 6) is 0. The summed E-state index contributed by atoms with van der Waals surface area (Å²) in [5.41, 5.74) is 0.876. The molecule has 0 unspecified atom stereocenters. The molecule has 112 valence electrons. The van der Waals surface area contributed by atoms with Crippen LogP contribution in [0.1, 0.15) is 25.5 Å². The fourth-order valence-corrected chi connectivity index (χ4v) is 4.74. The van der Waals surface area contributed by atoms with Gasteiger partial charge in [0.15, 0.2) is 0 Å². The zero-order chi connectivity index (χ0) is 15.2. The van der Waals surface area contributed by atoms with Gasteiger partial charge in [-0.2, -0.15) is 0 Å². The Bertz CT molecular complexity index is 548. The van der Waals surface area contributed by atoms with Gasteiger partial charge in [0.25, 0.3) is 0 Å². The van der Waals surface area contributed by atoms with E-state index in [1.54, 1.807) is 29.7 Å². The average molecular weight is 340 g/mol. The Labute approximate surface area is 139 Å². The van der Waals surface area contributed by atoms with Gasteiger partial charge in [-0.3, -0.25) is 0 Å². The van der Waals surface area contributed by atoms with Crippen molar-refractivity contribution < 1.29 is 5.11 Å². The van der Waals surface area contributed by atoms with Gasteiger partial charge in [0, 0.05) is 16.5 Å². The first-order valence-corrected chi connectivity index (χ1v) is 8.93. The van der Waals surface area contributed by atoms with Crippen molar-refractivity contribution in [1.29, 1.82) is 0 Å². The summed E-state index contributed by atoms with van der Waals surface area (Å²) in [6.45, 7) is 4.26. The second-order valence-corrected chi connectivity index (χ2v) is 8.45. The third kappa shape index (κ3) is 5.22. The van der Waals surface area contributed by atoms with E-state index < -0.39 is 6.10 Å². The van der Waals surface area contributed by atoms with Crippen LogP contribution < -0.4 is 0 Å². The fraction of sp³-hybridized carbons (Fsp3) is 0.312. The first-order chi connectivity index (χ1) is 10.1. The third-order valence-corrected chi connectivity index (χ3v) is 5.67. The highest BCUT2D eigenvalue weighted by molar-refractivity contribution is 8.17. The van der Waals surface area contributed by atoms with Gasteiger partial charge < -0.3 is 5.11 Å². The van der Waals surface area contributed by atoms with Crippen molar-refractivity contribution in [1.82, 2.24) is 4.98 Å². The van der Waals surface area contributed by atoms with Gasteiger partial charge in [-0.15, -0.1) is 11.8 Å². The number of pyridine rings is 1. The molecule has 0 aliphatic heterocycles. The minimum absolute atomic E-state index is 0.0129. The van der Waals surface area contributed by atoms with E-state index in [1.807, 2.05) is 42.5 Å². The number of aromatic nitrogens is 1. The van der Waals surface area contributed by atoms with Gasteiger partial charge in [0.2, 0.25) is 0 Å². The number of hydrogen-bond acceptors (Lipinski definition) is 4. The van der Waals surface area contributed by atoms with Crippen molar-refractivity contribution in [2.45, 2.75) is 34.8 Å². The summed E-state index contributed by atoms with van der Waals surface area (Å²) < 4.78 is -0.0129. The normalized spacial score (nSPS) is 14.1. The maximum atomic E-state index is 10.7. The van der Waals surface area contributed by atoms with Crippen LogP contribution in [-0.4, -0.2) is 19.9 Å². The Morgan fingerprint density at radius 2 is 1.81 bits per heavy atom. The molecule has 0 amide bonds. The maximum Gasteiger partial charge on any atom is 0.100 e. The highest BCUT2D eigenvalue weighted by Gasteiger charge is 2.24. The number of aliphatic hydroxyl groups excluding tert-OH is 1. The number of halogens is 1. The van der Waals surface area contributed by atoms with Crippen LogP contribution in [-0.2, 0) is 0 Å². The average Bonchev–Trinajstić information content (AvgIpc) is 2.47.